The van der Waals surface area contributed by atoms with Gasteiger partial charge < -0.3 is 20.1 Å². The van der Waals surface area contributed by atoms with Crippen molar-refractivity contribution in [2.24, 2.45) is 0 Å². The molecule has 1 aromatic carbocycles. The van der Waals surface area contributed by atoms with Crippen molar-refractivity contribution in [3.63, 3.8) is 0 Å². The van der Waals surface area contributed by atoms with Crippen molar-refractivity contribution in [3.8, 4) is 5.75 Å². The van der Waals surface area contributed by atoms with Crippen molar-refractivity contribution < 1.29 is 9.47 Å². The molecule has 0 radical (unpaired) electrons. The largest absolute Gasteiger partial charge is 0.491 e. The summed E-state index contributed by atoms with van der Waals surface area (Å²) >= 11 is 3.58. The third-order valence-electron chi connectivity index (χ3n) is 5.52. The van der Waals surface area contributed by atoms with Crippen LogP contribution in [0.3, 0.4) is 0 Å². The first-order valence-electron chi connectivity index (χ1n) is 10.6. The highest BCUT2D eigenvalue weighted by Crippen LogP contribution is 2.35. The summed E-state index contributed by atoms with van der Waals surface area (Å²) in [4.78, 5) is 5.17. The van der Waals surface area contributed by atoms with E-state index in [1.54, 1.807) is 11.3 Å². The predicted octanol–water partition coefficient (Wildman–Crippen LogP) is 5.74. The number of para-hydroxylation sites is 2. The lowest BCUT2D eigenvalue weighted by molar-refractivity contribution is -0.0258. The molecule has 6 heteroatoms. The van der Waals surface area contributed by atoms with E-state index in [9.17, 15) is 0 Å². The molecule has 4 nitrogen and oxygen atoms in total. The van der Waals surface area contributed by atoms with Gasteiger partial charge in [0.05, 0.1) is 18.4 Å². The molecule has 1 saturated heterocycles. The monoisotopic (exact) mass is 442 g/mol. The molecule has 4 rings (SSSR count). The quantitative estimate of drug-likeness (QED) is 0.339. The summed E-state index contributed by atoms with van der Waals surface area (Å²) in [5.74, 6) is 0.785. The molecule has 1 aliphatic heterocycles. The number of hydrogen-bond donors (Lipinski definition) is 1. The molecule has 1 atom stereocenters. The van der Waals surface area contributed by atoms with Gasteiger partial charge in [0, 0.05) is 29.4 Å². The number of nitrogens with two attached hydrogens (primary N) is 1. The van der Waals surface area contributed by atoms with E-state index in [1.807, 2.05) is 35.6 Å². The molecule has 0 aliphatic carbocycles. The van der Waals surface area contributed by atoms with Gasteiger partial charge in [0.25, 0.3) is 0 Å². The SMILES string of the molecule is Cc1ccc(C(OC2CCN(CCCOc3ccccc3N)CC2)c2ccsc2)s1. The fourth-order valence-electron chi connectivity index (χ4n) is 3.87. The van der Waals surface area contributed by atoms with Gasteiger partial charge in [0.2, 0.25) is 0 Å². The van der Waals surface area contributed by atoms with Crippen LogP contribution in [0, 0.1) is 6.92 Å². The zero-order valence-electron chi connectivity index (χ0n) is 17.5. The Bertz CT molecular complexity index is 902. The van der Waals surface area contributed by atoms with Gasteiger partial charge in [-0.25, -0.2) is 0 Å². The molecule has 0 saturated carbocycles. The first-order valence-corrected chi connectivity index (χ1v) is 12.4. The predicted molar refractivity (Wildman–Crippen MR) is 127 cm³/mol. The molecule has 0 amide bonds. The molecule has 1 aliphatic rings. The highest BCUT2D eigenvalue weighted by molar-refractivity contribution is 7.12. The Labute approximate surface area is 187 Å². The van der Waals surface area contributed by atoms with Crippen LogP contribution in [-0.4, -0.2) is 37.2 Å². The maximum atomic E-state index is 6.63. The summed E-state index contributed by atoms with van der Waals surface area (Å²) < 4.78 is 12.5. The van der Waals surface area contributed by atoms with Crippen LogP contribution in [0.1, 0.15) is 40.7 Å². The number of nitrogens with zero attached hydrogens (tertiary/aromatic N) is 1. The molecular weight excluding hydrogens is 412 g/mol. The second kappa shape index (κ2) is 10.4. The third-order valence-corrected chi connectivity index (χ3v) is 7.27. The van der Waals surface area contributed by atoms with Crippen molar-refractivity contribution in [1.82, 2.24) is 4.90 Å². The Morgan fingerprint density at radius 2 is 1.97 bits per heavy atom. The van der Waals surface area contributed by atoms with Gasteiger partial charge in [-0.15, -0.1) is 11.3 Å². The van der Waals surface area contributed by atoms with E-state index >= 15 is 0 Å². The van der Waals surface area contributed by atoms with Gasteiger partial charge >= 0.3 is 0 Å². The third kappa shape index (κ3) is 5.64. The Hall–Kier alpha value is -1.86. The van der Waals surface area contributed by atoms with E-state index < -0.39 is 0 Å². The van der Waals surface area contributed by atoms with Crippen molar-refractivity contribution in [2.45, 2.75) is 38.4 Å². The fraction of sp³-hybridized carbons (Fsp3) is 0.417. The smallest absolute Gasteiger partial charge is 0.142 e. The normalized spacial score (nSPS) is 16.6. The van der Waals surface area contributed by atoms with Gasteiger partial charge in [-0.2, -0.15) is 11.3 Å². The highest BCUT2D eigenvalue weighted by atomic mass is 32.1. The summed E-state index contributed by atoms with van der Waals surface area (Å²) in [6.07, 6.45) is 3.55. The number of rotatable bonds is 9. The second-order valence-electron chi connectivity index (χ2n) is 7.80. The summed E-state index contributed by atoms with van der Waals surface area (Å²) in [6.45, 7) is 6.07. The van der Waals surface area contributed by atoms with Gasteiger partial charge in [-0.05, 0) is 72.8 Å². The van der Waals surface area contributed by atoms with E-state index in [4.69, 9.17) is 15.2 Å². The molecule has 30 heavy (non-hydrogen) atoms. The minimum absolute atomic E-state index is 0.0660. The lowest BCUT2D eigenvalue weighted by atomic mass is 10.1. The Kier molecular flexibility index (Phi) is 7.44. The van der Waals surface area contributed by atoms with Gasteiger partial charge in [0.15, 0.2) is 0 Å². The zero-order chi connectivity index (χ0) is 20.8. The van der Waals surface area contributed by atoms with Crippen LogP contribution >= 0.6 is 22.7 Å². The lowest BCUT2D eigenvalue weighted by Crippen LogP contribution is -2.38. The number of piperidine rings is 1. The van der Waals surface area contributed by atoms with E-state index in [0.717, 1.165) is 44.6 Å². The van der Waals surface area contributed by atoms with E-state index in [-0.39, 0.29) is 6.10 Å². The molecule has 1 fully saturated rings. The Morgan fingerprint density at radius 1 is 1.13 bits per heavy atom. The molecule has 2 N–H and O–H groups in total. The van der Waals surface area contributed by atoms with Gasteiger partial charge in [0.1, 0.15) is 11.9 Å². The molecule has 0 bridgehead atoms. The number of nitrogen functional groups attached to an aromatic ring is 1. The Balaban J connectivity index is 1.22. The van der Waals surface area contributed by atoms with E-state index in [1.165, 1.54) is 15.3 Å². The topological polar surface area (TPSA) is 47.7 Å². The minimum atomic E-state index is 0.0660. The molecule has 2 aromatic heterocycles. The maximum absolute atomic E-state index is 6.63. The highest BCUT2D eigenvalue weighted by Gasteiger charge is 2.25. The van der Waals surface area contributed by atoms with Crippen LogP contribution in [-0.2, 0) is 4.74 Å². The van der Waals surface area contributed by atoms with Crippen molar-refractivity contribution in [2.75, 3.05) is 32.0 Å². The number of likely N-dealkylation sites (tertiary alicyclic amines) is 1. The molecule has 3 heterocycles. The second-order valence-corrected chi connectivity index (χ2v) is 9.90. The van der Waals surface area contributed by atoms with Crippen LogP contribution < -0.4 is 10.5 Å². The van der Waals surface area contributed by atoms with Crippen molar-refractivity contribution in [1.29, 1.82) is 0 Å². The Morgan fingerprint density at radius 3 is 2.67 bits per heavy atom. The molecular formula is C24H30N2O2S2. The zero-order valence-corrected chi connectivity index (χ0v) is 19.1. The number of thiophene rings is 2. The van der Waals surface area contributed by atoms with E-state index in [2.05, 4.69) is 40.8 Å². The van der Waals surface area contributed by atoms with Crippen molar-refractivity contribution in [3.05, 3.63) is 68.5 Å². The average molecular weight is 443 g/mol. The standard InChI is InChI=1S/C24H30N2O2S2/c1-18-7-8-23(30-18)24(19-11-16-29-17-19)28-20-9-13-26(14-10-20)12-4-15-27-22-6-3-2-5-21(22)25/h2-3,5-8,11,16-17,20,24H,4,9-10,12-15,25H2,1H3. The van der Waals surface area contributed by atoms with Crippen LogP contribution in [0.2, 0.25) is 0 Å². The van der Waals surface area contributed by atoms with Crippen LogP contribution in [0.15, 0.2) is 53.2 Å². The number of hydrogen-bond acceptors (Lipinski definition) is 6. The van der Waals surface area contributed by atoms with Gasteiger partial charge in [-0.1, -0.05) is 12.1 Å². The summed E-state index contributed by atoms with van der Waals surface area (Å²) in [6, 6.07) is 14.3. The number of aryl methyl sites for hydroxylation is 1. The number of ether oxygens (including phenoxy) is 2. The first-order chi connectivity index (χ1) is 14.7. The molecule has 160 valence electrons. The van der Waals surface area contributed by atoms with Crippen molar-refractivity contribution >= 4 is 28.4 Å². The molecule has 0 spiro atoms. The summed E-state index contributed by atoms with van der Waals surface area (Å²) in [7, 11) is 0. The maximum Gasteiger partial charge on any atom is 0.142 e. The first kappa shape index (κ1) is 21.4. The van der Waals surface area contributed by atoms with Crippen LogP contribution in [0.4, 0.5) is 5.69 Å². The van der Waals surface area contributed by atoms with E-state index in [0.29, 0.717) is 18.4 Å². The number of anilines is 1. The number of benzene rings is 1. The fourth-order valence-corrected chi connectivity index (χ4v) is 5.49. The summed E-state index contributed by atoms with van der Waals surface area (Å²) in [5.41, 5.74) is 7.92. The van der Waals surface area contributed by atoms with Gasteiger partial charge in [-0.3, -0.25) is 0 Å². The minimum Gasteiger partial charge on any atom is -0.491 e. The lowest BCUT2D eigenvalue weighted by Gasteiger charge is -2.33. The van der Waals surface area contributed by atoms with Crippen LogP contribution in [0.5, 0.6) is 5.75 Å². The average Bonchev–Trinajstić information content (AvgIpc) is 3.44. The molecule has 3 aromatic rings. The summed E-state index contributed by atoms with van der Waals surface area (Å²) in [5, 5.41) is 4.36. The molecule has 1 unspecified atom stereocenters. The van der Waals surface area contributed by atoms with Crippen LogP contribution in [0.25, 0.3) is 0 Å².